The van der Waals surface area contributed by atoms with Gasteiger partial charge in [0.05, 0.1) is 36.7 Å². The molecule has 1 aromatic carbocycles. The molecule has 3 aliphatic rings. The molecule has 1 amide bonds. The molecular weight excluding hydrogens is 404 g/mol. The standard InChI is InChI=1S/C22H23ClN4O3/c1-26(19-10-16(6-7-17(19)23)5-4-15-2-3-15)21(28)18-11-27(25-24-18)12-20-29-13-22(8-9-22)14-30-20/h6-7,10-11,15,20H,2-3,8-9,12-14H2,1H3. The summed E-state index contributed by atoms with van der Waals surface area (Å²) in [4.78, 5) is 14.4. The Hall–Kier alpha value is -2.40. The molecular formula is C22H23ClN4O3. The van der Waals surface area contributed by atoms with Crippen LogP contribution in [0.4, 0.5) is 5.69 Å². The first-order valence-corrected chi connectivity index (χ1v) is 10.6. The quantitative estimate of drug-likeness (QED) is 0.702. The highest BCUT2D eigenvalue weighted by molar-refractivity contribution is 6.34. The summed E-state index contributed by atoms with van der Waals surface area (Å²) in [6.45, 7) is 1.84. The third-order valence-corrected chi connectivity index (χ3v) is 6.13. The Labute approximate surface area is 180 Å². The number of hydrogen-bond donors (Lipinski definition) is 0. The van der Waals surface area contributed by atoms with Gasteiger partial charge in [0.15, 0.2) is 12.0 Å². The van der Waals surface area contributed by atoms with E-state index in [1.807, 2.05) is 12.1 Å². The van der Waals surface area contributed by atoms with Gasteiger partial charge in [-0.05, 0) is 43.9 Å². The number of amides is 1. The van der Waals surface area contributed by atoms with Crippen molar-refractivity contribution in [2.75, 3.05) is 25.2 Å². The molecule has 2 heterocycles. The molecule has 7 nitrogen and oxygen atoms in total. The monoisotopic (exact) mass is 426 g/mol. The van der Waals surface area contributed by atoms with Crippen LogP contribution in [0.1, 0.15) is 41.7 Å². The van der Waals surface area contributed by atoms with Crippen molar-refractivity contribution in [3.8, 4) is 11.8 Å². The average molecular weight is 427 g/mol. The van der Waals surface area contributed by atoms with Gasteiger partial charge >= 0.3 is 0 Å². The topological polar surface area (TPSA) is 69.5 Å². The van der Waals surface area contributed by atoms with Crippen LogP contribution in [0.15, 0.2) is 24.4 Å². The van der Waals surface area contributed by atoms with Crippen LogP contribution in [0.5, 0.6) is 0 Å². The highest BCUT2D eigenvalue weighted by Crippen LogP contribution is 2.48. The van der Waals surface area contributed by atoms with E-state index in [1.54, 1.807) is 24.0 Å². The van der Waals surface area contributed by atoms with Crippen LogP contribution in [-0.4, -0.2) is 47.5 Å². The summed E-state index contributed by atoms with van der Waals surface area (Å²) >= 11 is 6.34. The lowest BCUT2D eigenvalue weighted by Crippen LogP contribution is -2.36. The van der Waals surface area contributed by atoms with Gasteiger partial charge in [-0.3, -0.25) is 4.79 Å². The van der Waals surface area contributed by atoms with Crippen LogP contribution < -0.4 is 4.90 Å². The fourth-order valence-electron chi connectivity index (χ4n) is 3.38. The second kappa shape index (κ2) is 7.69. The fraction of sp³-hybridized carbons (Fsp3) is 0.500. The summed E-state index contributed by atoms with van der Waals surface area (Å²) in [5.41, 5.74) is 1.91. The zero-order chi connectivity index (χ0) is 20.7. The maximum atomic E-state index is 12.9. The molecule has 5 rings (SSSR count). The molecule has 0 bridgehead atoms. The van der Waals surface area contributed by atoms with Crippen molar-refractivity contribution in [3.63, 3.8) is 0 Å². The number of benzene rings is 1. The first-order valence-electron chi connectivity index (χ1n) is 10.2. The number of rotatable bonds is 4. The van der Waals surface area contributed by atoms with Crippen LogP contribution in [0, 0.1) is 23.2 Å². The highest BCUT2D eigenvalue weighted by Gasteiger charge is 2.47. The first-order chi connectivity index (χ1) is 14.5. The van der Waals surface area contributed by atoms with Gasteiger partial charge < -0.3 is 14.4 Å². The summed E-state index contributed by atoms with van der Waals surface area (Å²) in [5, 5.41) is 8.57. The van der Waals surface area contributed by atoms with Crippen molar-refractivity contribution < 1.29 is 14.3 Å². The van der Waals surface area contributed by atoms with E-state index in [4.69, 9.17) is 21.1 Å². The summed E-state index contributed by atoms with van der Waals surface area (Å²) in [5.74, 6) is 6.60. The molecule has 1 aliphatic heterocycles. The number of nitrogens with zero attached hydrogens (tertiary/aromatic N) is 4. The Balaban J connectivity index is 1.25. The van der Waals surface area contributed by atoms with Crippen LogP contribution in [0.25, 0.3) is 0 Å². The zero-order valence-electron chi connectivity index (χ0n) is 16.8. The van der Waals surface area contributed by atoms with Gasteiger partial charge in [0.2, 0.25) is 0 Å². The normalized spacial score (nSPS) is 19.9. The highest BCUT2D eigenvalue weighted by atomic mass is 35.5. The number of aromatic nitrogens is 3. The summed E-state index contributed by atoms with van der Waals surface area (Å²) in [7, 11) is 1.67. The van der Waals surface area contributed by atoms with Crippen molar-refractivity contribution in [2.45, 2.75) is 38.5 Å². The summed E-state index contributed by atoms with van der Waals surface area (Å²) in [6.07, 6.45) is 5.92. The van der Waals surface area contributed by atoms with E-state index in [-0.39, 0.29) is 23.3 Å². The Morgan fingerprint density at radius 1 is 1.33 bits per heavy atom. The van der Waals surface area contributed by atoms with Crippen molar-refractivity contribution in [1.82, 2.24) is 15.0 Å². The molecule has 2 aromatic rings. The van der Waals surface area contributed by atoms with Crippen LogP contribution in [0.2, 0.25) is 5.02 Å². The maximum Gasteiger partial charge on any atom is 0.280 e. The number of halogens is 1. The minimum absolute atomic E-state index is 0.234. The lowest BCUT2D eigenvalue weighted by Gasteiger charge is -2.29. The molecule has 2 saturated carbocycles. The molecule has 8 heteroatoms. The first kappa shape index (κ1) is 19.6. The smallest absolute Gasteiger partial charge is 0.280 e. The lowest BCUT2D eigenvalue weighted by molar-refractivity contribution is -0.213. The van der Waals surface area contributed by atoms with Gasteiger partial charge in [-0.2, -0.15) is 0 Å². The van der Waals surface area contributed by atoms with Gasteiger partial charge in [0.25, 0.3) is 5.91 Å². The van der Waals surface area contributed by atoms with Gasteiger partial charge in [-0.1, -0.05) is 28.7 Å². The van der Waals surface area contributed by atoms with E-state index in [0.29, 0.717) is 23.2 Å². The largest absolute Gasteiger partial charge is 0.350 e. The van der Waals surface area contributed by atoms with Crippen molar-refractivity contribution in [3.05, 3.63) is 40.7 Å². The number of ether oxygens (including phenoxy) is 2. The van der Waals surface area contributed by atoms with E-state index in [9.17, 15) is 4.79 Å². The van der Waals surface area contributed by atoms with Crippen LogP contribution >= 0.6 is 11.6 Å². The molecule has 1 spiro atoms. The Morgan fingerprint density at radius 2 is 2.10 bits per heavy atom. The van der Waals surface area contributed by atoms with E-state index >= 15 is 0 Å². The second-order valence-corrected chi connectivity index (χ2v) is 8.86. The summed E-state index contributed by atoms with van der Waals surface area (Å²) < 4.78 is 13.1. The average Bonchev–Trinajstić information content (AvgIpc) is 3.68. The molecule has 2 aliphatic carbocycles. The molecule has 156 valence electrons. The Kier molecular flexibility index (Phi) is 5.02. The van der Waals surface area contributed by atoms with Crippen LogP contribution in [-0.2, 0) is 16.0 Å². The minimum atomic E-state index is -0.366. The van der Waals surface area contributed by atoms with Gasteiger partial charge in [-0.25, -0.2) is 4.68 Å². The zero-order valence-corrected chi connectivity index (χ0v) is 17.6. The second-order valence-electron chi connectivity index (χ2n) is 8.45. The van der Waals surface area contributed by atoms with Gasteiger partial charge in [0.1, 0.15) is 0 Å². The molecule has 0 atom stereocenters. The Morgan fingerprint density at radius 3 is 2.80 bits per heavy atom. The third-order valence-electron chi connectivity index (χ3n) is 5.81. The minimum Gasteiger partial charge on any atom is -0.350 e. The van der Waals surface area contributed by atoms with Gasteiger partial charge in [0, 0.05) is 23.9 Å². The SMILES string of the molecule is CN(C(=O)c1cn(CC2OCC3(CC3)CO2)nn1)c1cc(C#CC2CC2)ccc1Cl. The van der Waals surface area contributed by atoms with Crippen molar-refractivity contribution in [2.24, 2.45) is 11.3 Å². The molecule has 3 fully saturated rings. The summed E-state index contributed by atoms with van der Waals surface area (Å²) in [6, 6.07) is 5.46. The van der Waals surface area contributed by atoms with Gasteiger partial charge in [-0.15, -0.1) is 5.10 Å². The predicted octanol–water partition coefficient (Wildman–Crippen LogP) is 3.12. The lowest BCUT2D eigenvalue weighted by atomic mass is 10.1. The molecule has 0 radical (unpaired) electrons. The molecule has 30 heavy (non-hydrogen) atoms. The van der Waals surface area contributed by atoms with Crippen molar-refractivity contribution >= 4 is 23.2 Å². The third kappa shape index (κ3) is 4.22. The fourth-order valence-corrected chi connectivity index (χ4v) is 3.62. The Bertz CT molecular complexity index is 1020. The molecule has 1 saturated heterocycles. The molecule has 0 N–H and O–H groups in total. The van der Waals surface area contributed by atoms with E-state index in [0.717, 1.165) is 18.8 Å². The molecule has 1 aromatic heterocycles. The molecule has 0 unspecified atom stereocenters. The number of hydrogen-bond acceptors (Lipinski definition) is 5. The number of anilines is 1. The number of carbonyl (C=O) groups excluding carboxylic acids is 1. The van der Waals surface area contributed by atoms with Crippen molar-refractivity contribution in [1.29, 1.82) is 0 Å². The predicted molar refractivity (Wildman–Crippen MR) is 111 cm³/mol. The van der Waals surface area contributed by atoms with E-state index in [2.05, 4.69) is 22.2 Å². The maximum absolute atomic E-state index is 12.9. The number of carbonyl (C=O) groups is 1. The van der Waals surface area contributed by atoms with E-state index in [1.165, 1.54) is 30.6 Å². The van der Waals surface area contributed by atoms with Crippen LogP contribution in [0.3, 0.4) is 0 Å². The van der Waals surface area contributed by atoms with E-state index < -0.39 is 0 Å².